The van der Waals surface area contributed by atoms with E-state index in [4.69, 9.17) is 14.2 Å². The molecule has 178 valence electrons. The normalized spacial score (nSPS) is 31.6. The number of ketones is 1. The number of Topliss-reactive ketones (excluding diaryl/α,β-unsaturated/α-hetero) is 1. The first-order chi connectivity index (χ1) is 15.6. The Morgan fingerprint density at radius 3 is 2.27 bits per heavy atom. The van der Waals surface area contributed by atoms with E-state index in [1.54, 1.807) is 0 Å². The number of aliphatic hydroxyl groups excluding tert-OH is 4. The molecule has 1 saturated heterocycles. The maximum atomic E-state index is 13.3. The topological polar surface area (TPSA) is 207 Å². The average Bonchev–Trinajstić information content (AvgIpc) is 2.76. The Labute approximate surface area is 186 Å². The highest BCUT2D eigenvalue weighted by atomic mass is 16.7. The third-order valence-electron chi connectivity index (χ3n) is 5.56. The van der Waals surface area contributed by atoms with Crippen molar-refractivity contribution in [2.75, 3.05) is 6.61 Å². The largest absolute Gasteiger partial charge is 0.508 e. The van der Waals surface area contributed by atoms with E-state index in [0.29, 0.717) is 0 Å². The molecule has 7 atom stereocenters. The molecule has 0 amide bonds. The Bertz CT molecular complexity index is 1050. The zero-order valence-corrected chi connectivity index (χ0v) is 16.8. The Morgan fingerprint density at radius 1 is 0.879 bits per heavy atom. The summed E-state index contributed by atoms with van der Waals surface area (Å²) in [5.41, 5.74) is -0.191. The quantitative estimate of drug-likeness (QED) is 0.256. The van der Waals surface area contributed by atoms with Gasteiger partial charge in [0.25, 0.3) is 0 Å². The third-order valence-corrected chi connectivity index (χ3v) is 5.56. The van der Waals surface area contributed by atoms with Crippen molar-refractivity contribution in [3.05, 3.63) is 41.5 Å². The van der Waals surface area contributed by atoms with Crippen molar-refractivity contribution >= 4 is 5.78 Å². The lowest BCUT2D eigenvalue weighted by molar-refractivity contribution is -0.311. The number of aliphatic hydroxyl groups is 4. The molecule has 2 heterocycles. The number of aromatic hydroxyl groups is 4. The van der Waals surface area contributed by atoms with Crippen molar-refractivity contribution in [3.63, 3.8) is 0 Å². The van der Waals surface area contributed by atoms with Crippen LogP contribution < -0.4 is 4.74 Å². The van der Waals surface area contributed by atoms with Crippen LogP contribution in [0.3, 0.4) is 0 Å². The van der Waals surface area contributed by atoms with Crippen molar-refractivity contribution in [1.29, 1.82) is 0 Å². The summed E-state index contributed by atoms with van der Waals surface area (Å²) in [4.78, 5) is 13.3. The van der Waals surface area contributed by atoms with E-state index in [0.717, 1.165) is 24.3 Å². The molecule has 2 aromatic rings. The summed E-state index contributed by atoms with van der Waals surface area (Å²) in [5.74, 6) is -3.00. The van der Waals surface area contributed by atoms with E-state index in [2.05, 4.69) is 0 Å². The van der Waals surface area contributed by atoms with Gasteiger partial charge in [0.15, 0.2) is 30.0 Å². The summed E-state index contributed by atoms with van der Waals surface area (Å²) in [5, 5.41) is 79.2. The Hall–Kier alpha value is -3.13. The molecule has 33 heavy (non-hydrogen) atoms. The predicted octanol–water partition coefficient (Wildman–Crippen LogP) is -0.990. The molecule has 12 nitrogen and oxygen atoms in total. The van der Waals surface area contributed by atoms with E-state index in [-0.39, 0.29) is 22.6 Å². The second kappa shape index (κ2) is 8.67. The van der Waals surface area contributed by atoms with Crippen molar-refractivity contribution in [3.8, 4) is 28.7 Å². The molecule has 2 aliphatic rings. The maximum absolute atomic E-state index is 13.3. The van der Waals surface area contributed by atoms with Crippen LogP contribution in [-0.4, -0.2) is 90.1 Å². The summed E-state index contributed by atoms with van der Waals surface area (Å²) in [6.45, 7) is -0.724. The van der Waals surface area contributed by atoms with Crippen molar-refractivity contribution < 1.29 is 59.9 Å². The van der Waals surface area contributed by atoms with Gasteiger partial charge in [-0.1, -0.05) is 6.07 Å². The van der Waals surface area contributed by atoms with E-state index in [9.17, 15) is 45.6 Å². The number of hydrogen-bond acceptors (Lipinski definition) is 12. The molecule has 0 saturated carbocycles. The lowest BCUT2D eigenvalue weighted by atomic mass is 9.92. The zero-order chi connectivity index (χ0) is 24.0. The molecular formula is C21H22O12. The number of fused-ring (bicyclic) bond motifs is 1. The second-order valence-electron chi connectivity index (χ2n) is 7.74. The van der Waals surface area contributed by atoms with Gasteiger partial charge in [-0.05, 0) is 17.7 Å². The smallest absolute Gasteiger partial charge is 0.203 e. The van der Waals surface area contributed by atoms with Gasteiger partial charge in [-0.15, -0.1) is 0 Å². The number of rotatable bonds is 4. The zero-order valence-electron chi connectivity index (χ0n) is 16.8. The number of carbonyl (C=O) groups excluding carboxylic acids is 1. The lowest BCUT2D eigenvalue weighted by Crippen LogP contribution is -2.60. The fourth-order valence-corrected chi connectivity index (χ4v) is 3.82. The first kappa shape index (κ1) is 23.0. The predicted molar refractivity (Wildman–Crippen MR) is 106 cm³/mol. The number of benzene rings is 2. The molecule has 4 rings (SSSR count). The minimum absolute atomic E-state index is 0.140. The summed E-state index contributed by atoms with van der Waals surface area (Å²) in [6.07, 6.45) is -11.2. The fraction of sp³-hybridized carbons (Fsp3) is 0.381. The van der Waals surface area contributed by atoms with Gasteiger partial charge in [0.2, 0.25) is 5.78 Å². The fourth-order valence-electron chi connectivity index (χ4n) is 3.82. The van der Waals surface area contributed by atoms with Crippen LogP contribution >= 0.6 is 0 Å². The van der Waals surface area contributed by atoms with Gasteiger partial charge in [0.05, 0.1) is 6.61 Å². The molecule has 0 aliphatic carbocycles. The van der Waals surface area contributed by atoms with Crippen LogP contribution in [-0.2, 0) is 9.47 Å². The Morgan fingerprint density at radius 2 is 1.61 bits per heavy atom. The third kappa shape index (κ3) is 4.04. The molecule has 1 fully saturated rings. The van der Waals surface area contributed by atoms with E-state index in [1.807, 2.05) is 0 Å². The van der Waals surface area contributed by atoms with Crippen LogP contribution in [0.5, 0.6) is 28.7 Å². The molecule has 2 aromatic carbocycles. The van der Waals surface area contributed by atoms with Crippen LogP contribution in [0.2, 0.25) is 0 Å². The average molecular weight is 466 g/mol. The van der Waals surface area contributed by atoms with Gasteiger partial charge in [-0.25, -0.2) is 0 Å². The standard InChI is InChI=1S/C21H22O12/c22-6-13-15(27)17(29)18(30)21(32-13)33-20-16(28)14-11(26)4-8(23)5-12(14)31-19(20)7-1-2-9(24)10(25)3-7/h1-5,13,15,17-27,29-30H,6H2/t13-,15+,17+,18?,19?,20?,21+/m1/s1. The Balaban J connectivity index is 1.75. The lowest BCUT2D eigenvalue weighted by Gasteiger charge is -2.42. The van der Waals surface area contributed by atoms with Crippen LogP contribution in [0.4, 0.5) is 0 Å². The second-order valence-corrected chi connectivity index (χ2v) is 7.74. The Kier molecular flexibility index (Phi) is 6.05. The van der Waals surface area contributed by atoms with Gasteiger partial charge in [-0.2, -0.15) is 0 Å². The molecule has 8 N–H and O–H groups in total. The molecule has 0 aromatic heterocycles. The molecule has 0 bridgehead atoms. The van der Waals surface area contributed by atoms with Crippen LogP contribution in [0.1, 0.15) is 22.0 Å². The van der Waals surface area contributed by atoms with Gasteiger partial charge in [0.1, 0.15) is 47.2 Å². The van der Waals surface area contributed by atoms with Crippen molar-refractivity contribution in [2.45, 2.75) is 42.9 Å². The van der Waals surface area contributed by atoms with Gasteiger partial charge in [0, 0.05) is 12.1 Å². The minimum atomic E-state index is -1.82. The van der Waals surface area contributed by atoms with Gasteiger partial charge in [-0.3, -0.25) is 4.79 Å². The van der Waals surface area contributed by atoms with Crippen molar-refractivity contribution in [2.24, 2.45) is 0 Å². The summed E-state index contributed by atoms with van der Waals surface area (Å²) in [6, 6.07) is 5.57. The van der Waals surface area contributed by atoms with Crippen LogP contribution in [0, 0.1) is 0 Å². The van der Waals surface area contributed by atoms with Gasteiger partial charge >= 0.3 is 0 Å². The summed E-state index contributed by atoms with van der Waals surface area (Å²) >= 11 is 0. The van der Waals surface area contributed by atoms with E-state index in [1.165, 1.54) is 6.07 Å². The highest BCUT2D eigenvalue weighted by Gasteiger charge is 2.49. The number of hydrogen-bond donors (Lipinski definition) is 8. The van der Waals surface area contributed by atoms with Crippen LogP contribution in [0.15, 0.2) is 30.3 Å². The van der Waals surface area contributed by atoms with E-state index < -0.39 is 72.6 Å². The number of phenolic OH excluding ortho intramolecular Hbond substituents is 4. The highest BCUT2D eigenvalue weighted by molar-refractivity contribution is 6.05. The van der Waals surface area contributed by atoms with Crippen LogP contribution in [0.25, 0.3) is 0 Å². The first-order valence-electron chi connectivity index (χ1n) is 9.87. The minimum Gasteiger partial charge on any atom is -0.508 e. The van der Waals surface area contributed by atoms with Crippen molar-refractivity contribution in [1.82, 2.24) is 0 Å². The van der Waals surface area contributed by atoms with E-state index >= 15 is 0 Å². The first-order valence-corrected chi connectivity index (χ1v) is 9.87. The number of phenols is 4. The molecule has 0 spiro atoms. The number of carbonyl (C=O) groups is 1. The highest BCUT2D eigenvalue weighted by Crippen LogP contribution is 2.44. The molecule has 3 unspecified atom stereocenters. The number of ether oxygens (including phenoxy) is 3. The molecule has 2 aliphatic heterocycles. The summed E-state index contributed by atoms with van der Waals surface area (Å²) in [7, 11) is 0. The molecule has 0 radical (unpaired) electrons. The molecular weight excluding hydrogens is 444 g/mol. The SMILES string of the molecule is O=C1c2c(O)cc(O)cc2OC(c2ccc(O)c(O)c2)C1O[C@@H]1O[C@H](CO)[C@H](O)[C@H](O)C1O. The summed E-state index contributed by atoms with van der Waals surface area (Å²) < 4.78 is 16.7. The van der Waals surface area contributed by atoms with Gasteiger partial charge < -0.3 is 55.1 Å². The monoisotopic (exact) mass is 466 g/mol. The molecule has 12 heteroatoms. The maximum Gasteiger partial charge on any atom is 0.203 e.